The van der Waals surface area contributed by atoms with Crippen LogP contribution >= 0.6 is 11.6 Å². The summed E-state index contributed by atoms with van der Waals surface area (Å²) in [7, 11) is 0. The number of halogens is 1. The van der Waals surface area contributed by atoms with Crippen LogP contribution in [-0.4, -0.2) is 27.8 Å². The molecule has 0 saturated heterocycles. The summed E-state index contributed by atoms with van der Waals surface area (Å²) in [4.78, 5) is 12.6. The highest BCUT2D eigenvalue weighted by Gasteiger charge is 2.26. The van der Waals surface area contributed by atoms with Gasteiger partial charge in [0.1, 0.15) is 11.5 Å². The van der Waals surface area contributed by atoms with Crippen LogP contribution in [0.25, 0.3) is 33.2 Å². The van der Waals surface area contributed by atoms with Crippen molar-refractivity contribution in [2.45, 2.75) is 6.92 Å². The predicted octanol–water partition coefficient (Wildman–Crippen LogP) is 4.98. The number of phenols is 2. The molecule has 3 N–H and O–H groups in total. The van der Waals surface area contributed by atoms with E-state index >= 15 is 0 Å². The number of nitrogens with one attached hydrogen (secondary N) is 1. The van der Waals surface area contributed by atoms with Crippen molar-refractivity contribution < 1.29 is 19.5 Å². The van der Waals surface area contributed by atoms with Crippen LogP contribution in [0.2, 0.25) is 5.02 Å². The van der Waals surface area contributed by atoms with Gasteiger partial charge in [-0.2, -0.15) is 0 Å². The Kier molecular flexibility index (Phi) is 4.86. The number of aromatic hydroxyl groups is 2. The van der Waals surface area contributed by atoms with E-state index in [0.717, 1.165) is 16.8 Å². The van der Waals surface area contributed by atoms with Crippen molar-refractivity contribution in [1.82, 2.24) is 10.5 Å². The first-order valence-corrected chi connectivity index (χ1v) is 9.36. The summed E-state index contributed by atoms with van der Waals surface area (Å²) in [6.07, 6.45) is 0. The molecule has 1 amide bonds. The Hall–Kier alpha value is -3.51. The van der Waals surface area contributed by atoms with Crippen LogP contribution in [0.4, 0.5) is 0 Å². The van der Waals surface area contributed by atoms with Gasteiger partial charge in [0.25, 0.3) is 5.91 Å². The summed E-state index contributed by atoms with van der Waals surface area (Å²) in [6, 6.07) is 16.0. The van der Waals surface area contributed by atoms with Crippen LogP contribution in [0.3, 0.4) is 0 Å². The quantitative estimate of drug-likeness (QED) is 0.442. The summed E-state index contributed by atoms with van der Waals surface area (Å²) in [6.45, 7) is 2.23. The highest BCUT2D eigenvalue weighted by molar-refractivity contribution is 6.32. The first-order valence-electron chi connectivity index (χ1n) is 8.98. The minimum absolute atomic E-state index is 0.0400. The van der Waals surface area contributed by atoms with Gasteiger partial charge in [0.15, 0.2) is 11.5 Å². The molecular weight excluding hydrogens is 392 g/mol. The summed E-state index contributed by atoms with van der Waals surface area (Å²) >= 11 is 6.03. The van der Waals surface area contributed by atoms with E-state index in [1.54, 1.807) is 6.92 Å². The zero-order chi connectivity index (χ0) is 20.5. The Labute approximate surface area is 171 Å². The minimum atomic E-state index is -0.393. The average Bonchev–Trinajstić information content (AvgIpc) is 3.15. The lowest BCUT2D eigenvalue weighted by molar-refractivity contribution is 0.0947. The molecule has 1 heterocycles. The van der Waals surface area contributed by atoms with E-state index in [1.807, 2.05) is 42.5 Å². The van der Waals surface area contributed by atoms with Gasteiger partial charge in [0.05, 0.1) is 16.1 Å². The molecule has 146 valence electrons. The average molecular weight is 409 g/mol. The number of benzene rings is 3. The molecule has 29 heavy (non-hydrogen) atoms. The van der Waals surface area contributed by atoms with E-state index in [4.69, 9.17) is 16.1 Å². The number of carbonyl (C=O) groups excluding carboxylic acids is 1. The van der Waals surface area contributed by atoms with Gasteiger partial charge in [-0.15, -0.1) is 0 Å². The van der Waals surface area contributed by atoms with E-state index < -0.39 is 5.91 Å². The topological polar surface area (TPSA) is 95.6 Å². The Morgan fingerprint density at radius 3 is 2.59 bits per heavy atom. The Morgan fingerprint density at radius 1 is 1.07 bits per heavy atom. The van der Waals surface area contributed by atoms with Crippen molar-refractivity contribution >= 4 is 28.3 Å². The number of phenolic OH excluding ortho intramolecular Hbond substituents is 2. The number of nitrogens with zero attached hydrogens (tertiary/aromatic N) is 1. The number of fused-ring (bicyclic) bond motifs is 1. The zero-order valence-corrected chi connectivity index (χ0v) is 16.2. The lowest BCUT2D eigenvalue weighted by Gasteiger charge is -2.09. The number of hydrogen-bond donors (Lipinski definition) is 3. The van der Waals surface area contributed by atoms with Crippen molar-refractivity contribution in [3.63, 3.8) is 0 Å². The van der Waals surface area contributed by atoms with Crippen molar-refractivity contribution in [3.05, 3.63) is 65.3 Å². The number of aromatic nitrogens is 1. The maximum Gasteiger partial charge on any atom is 0.274 e. The molecule has 7 heteroatoms. The van der Waals surface area contributed by atoms with Crippen LogP contribution in [0.5, 0.6) is 11.5 Å². The molecule has 3 aromatic carbocycles. The molecule has 4 rings (SSSR count). The molecule has 0 aliphatic rings. The maximum absolute atomic E-state index is 12.6. The fraction of sp³-hybridized carbons (Fsp3) is 0.0909. The number of amides is 1. The van der Waals surface area contributed by atoms with Gasteiger partial charge in [0, 0.05) is 12.6 Å². The molecule has 0 radical (unpaired) electrons. The fourth-order valence-corrected chi connectivity index (χ4v) is 3.38. The molecule has 0 atom stereocenters. The molecule has 0 bridgehead atoms. The molecule has 0 aliphatic carbocycles. The predicted molar refractivity (Wildman–Crippen MR) is 111 cm³/mol. The molecule has 0 aliphatic heterocycles. The Bertz CT molecular complexity index is 1230. The number of carbonyl (C=O) groups is 1. The highest BCUT2D eigenvalue weighted by atomic mass is 35.5. The van der Waals surface area contributed by atoms with Gasteiger partial charge in [-0.3, -0.25) is 4.79 Å². The van der Waals surface area contributed by atoms with Gasteiger partial charge >= 0.3 is 0 Å². The van der Waals surface area contributed by atoms with Crippen LogP contribution in [0.15, 0.2) is 59.1 Å². The third kappa shape index (κ3) is 3.39. The van der Waals surface area contributed by atoms with Crippen LogP contribution in [0.1, 0.15) is 17.4 Å². The standard InChI is InChI=1S/C22H17ClN2O4/c1-2-24-22(28)20-19(14-8-7-12-5-3-4-6-13(12)9-14)21(29-25-20)15-10-16(23)18(27)11-17(15)26/h3-11,26-27H,2H2,1H3,(H,24,28). The molecule has 6 nitrogen and oxygen atoms in total. The smallest absolute Gasteiger partial charge is 0.274 e. The molecular formula is C22H17ClN2O4. The lowest BCUT2D eigenvalue weighted by atomic mass is 9.96. The van der Waals surface area contributed by atoms with E-state index in [2.05, 4.69) is 10.5 Å². The van der Waals surface area contributed by atoms with Crippen LogP contribution in [-0.2, 0) is 0 Å². The zero-order valence-electron chi connectivity index (χ0n) is 15.4. The molecule has 0 fully saturated rings. The van der Waals surface area contributed by atoms with Gasteiger partial charge in [-0.1, -0.05) is 53.2 Å². The lowest BCUT2D eigenvalue weighted by Crippen LogP contribution is -2.23. The summed E-state index contributed by atoms with van der Waals surface area (Å²) in [5, 5.41) is 28.8. The van der Waals surface area contributed by atoms with Crippen molar-refractivity contribution in [2.75, 3.05) is 6.54 Å². The summed E-state index contributed by atoms with van der Waals surface area (Å²) in [5.41, 5.74) is 1.45. The third-order valence-corrected chi connectivity index (χ3v) is 4.90. The first kappa shape index (κ1) is 18.8. The highest BCUT2D eigenvalue weighted by Crippen LogP contribution is 2.43. The monoisotopic (exact) mass is 408 g/mol. The van der Waals surface area contributed by atoms with Gasteiger partial charge in [0.2, 0.25) is 0 Å². The van der Waals surface area contributed by atoms with Gasteiger partial charge < -0.3 is 20.1 Å². The van der Waals surface area contributed by atoms with E-state index in [1.165, 1.54) is 6.07 Å². The second kappa shape index (κ2) is 7.48. The number of rotatable bonds is 4. The molecule has 0 spiro atoms. The minimum Gasteiger partial charge on any atom is -0.507 e. The first-order chi connectivity index (χ1) is 14.0. The second-order valence-corrected chi connectivity index (χ2v) is 6.88. The van der Waals surface area contributed by atoms with Crippen LogP contribution < -0.4 is 5.32 Å². The number of hydrogen-bond acceptors (Lipinski definition) is 5. The Morgan fingerprint density at radius 2 is 1.83 bits per heavy atom. The SMILES string of the molecule is CCNC(=O)c1noc(-c2cc(Cl)c(O)cc2O)c1-c1ccc2ccccc2c1. The molecule has 4 aromatic rings. The normalized spacial score (nSPS) is 11.0. The summed E-state index contributed by atoms with van der Waals surface area (Å²) < 4.78 is 5.48. The second-order valence-electron chi connectivity index (χ2n) is 6.48. The maximum atomic E-state index is 12.6. The summed E-state index contributed by atoms with van der Waals surface area (Å²) in [5.74, 6) is -0.716. The van der Waals surface area contributed by atoms with E-state index in [9.17, 15) is 15.0 Å². The van der Waals surface area contributed by atoms with E-state index in [-0.39, 0.29) is 33.5 Å². The van der Waals surface area contributed by atoms with Crippen molar-refractivity contribution in [3.8, 4) is 33.9 Å². The van der Waals surface area contributed by atoms with Gasteiger partial charge in [-0.05, 0) is 35.4 Å². The van der Waals surface area contributed by atoms with Crippen molar-refractivity contribution in [1.29, 1.82) is 0 Å². The molecule has 1 aromatic heterocycles. The van der Waals surface area contributed by atoms with Crippen LogP contribution in [0, 0.1) is 0 Å². The molecule has 0 unspecified atom stereocenters. The fourth-order valence-electron chi connectivity index (χ4n) is 3.22. The van der Waals surface area contributed by atoms with Gasteiger partial charge in [-0.25, -0.2) is 0 Å². The van der Waals surface area contributed by atoms with Crippen molar-refractivity contribution in [2.24, 2.45) is 0 Å². The molecule has 0 saturated carbocycles. The largest absolute Gasteiger partial charge is 0.507 e. The Balaban J connectivity index is 1.98. The van der Waals surface area contributed by atoms with E-state index in [0.29, 0.717) is 17.7 Å². The third-order valence-electron chi connectivity index (χ3n) is 4.59.